The van der Waals surface area contributed by atoms with Crippen LogP contribution < -0.4 is 10.2 Å². The second kappa shape index (κ2) is 8.20. The zero-order valence-corrected chi connectivity index (χ0v) is 17.4. The zero-order valence-electron chi connectivity index (χ0n) is 16.6. The summed E-state index contributed by atoms with van der Waals surface area (Å²) in [7, 11) is 0. The maximum absolute atomic E-state index is 14.2. The number of thiocarbonyl (C=S) groups is 1. The van der Waals surface area contributed by atoms with E-state index >= 15 is 0 Å². The maximum atomic E-state index is 14.2. The standard InChI is InChI=1S/C23H15FN2O5S/c1-12-6-7-13(22(29)30)10-15(12)19-9-8-14(31-19)11-16-20(27)25-23(32)26(21(16)28)18-5-3-2-4-17(18)24/h2-11H,1H3,(H,29,30)(H,25,27,32). The molecule has 160 valence electrons. The number of nitrogens with zero attached hydrogens (tertiary/aromatic N) is 1. The molecule has 2 aromatic carbocycles. The number of carboxylic acid groups (broad SMARTS) is 1. The fourth-order valence-electron chi connectivity index (χ4n) is 3.25. The zero-order chi connectivity index (χ0) is 23.0. The molecule has 3 aromatic rings. The summed E-state index contributed by atoms with van der Waals surface area (Å²) in [6.07, 6.45) is 1.23. The van der Waals surface area contributed by atoms with Crippen molar-refractivity contribution in [1.82, 2.24) is 5.32 Å². The molecule has 0 atom stereocenters. The fraction of sp³-hybridized carbons (Fsp3) is 0.0435. The molecule has 0 aliphatic carbocycles. The van der Waals surface area contributed by atoms with Crippen molar-refractivity contribution in [2.75, 3.05) is 4.90 Å². The summed E-state index contributed by atoms with van der Waals surface area (Å²) in [6.45, 7) is 1.80. The third kappa shape index (κ3) is 3.81. The predicted molar refractivity (Wildman–Crippen MR) is 118 cm³/mol. The first-order valence-electron chi connectivity index (χ1n) is 9.36. The predicted octanol–water partition coefficient (Wildman–Crippen LogP) is 3.92. The molecule has 32 heavy (non-hydrogen) atoms. The second-order valence-electron chi connectivity index (χ2n) is 6.95. The molecule has 1 aliphatic heterocycles. The smallest absolute Gasteiger partial charge is 0.335 e. The molecule has 1 aromatic heterocycles. The van der Waals surface area contributed by atoms with Crippen LogP contribution in [0.4, 0.5) is 10.1 Å². The summed E-state index contributed by atoms with van der Waals surface area (Å²) in [5.74, 6) is -2.75. The molecule has 9 heteroatoms. The van der Waals surface area contributed by atoms with Crippen LogP contribution in [-0.4, -0.2) is 28.0 Å². The minimum atomic E-state index is -1.08. The van der Waals surface area contributed by atoms with Crippen molar-refractivity contribution in [3.05, 3.63) is 82.9 Å². The molecule has 1 aliphatic rings. The van der Waals surface area contributed by atoms with Gasteiger partial charge in [-0.2, -0.15) is 0 Å². The molecule has 0 bridgehead atoms. The number of rotatable bonds is 4. The summed E-state index contributed by atoms with van der Waals surface area (Å²) < 4.78 is 20.0. The molecule has 0 radical (unpaired) electrons. The van der Waals surface area contributed by atoms with Gasteiger partial charge in [-0.1, -0.05) is 18.2 Å². The van der Waals surface area contributed by atoms with Crippen molar-refractivity contribution < 1.29 is 28.3 Å². The summed E-state index contributed by atoms with van der Waals surface area (Å²) in [4.78, 5) is 37.6. The molecule has 1 fully saturated rings. The number of carbonyl (C=O) groups is 3. The number of carboxylic acids is 1. The molecular formula is C23H15FN2O5S. The van der Waals surface area contributed by atoms with Gasteiger partial charge < -0.3 is 9.52 Å². The minimum Gasteiger partial charge on any atom is -0.478 e. The lowest BCUT2D eigenvalue weighted by molar-refractivity contribution is -0.122. The Morgan fingerprint density at radius 2 is 1.91 bits per heavy atom. The third-order valence-corrected chi connectivity index (χ3v) is 5.14. The summed E-state index contributed by atoms with van der Waals surface area (Å²) in [6, 6.07) is 13.3. The van der Waals surface area contributed by atoms with Gasteiger partial charge in [0.25, 0.3) is 11.8 Å². The number of anilines is 1. The van der Waals surface area contributed by atoms with E-state index in [-0.39, 0.29) is 27.7 Å². The Morgan fingerprint density at radius 1 is 1.16 bits per heavy atom. The van der Waals surface area contributed by atoms with Crippen molar-refractivity contribution in [3.8, 4) is 11.3 Å². The number of carbonyl (C=O) groups excluding carboxylic acids is 2. The summed E-state index contributed by atoms with van der Waals surface area (Å²) in [5.41, 5.74) is 1.06. The Bertz CT molecular complexity index is 1330. The molecule has 0 saturated carbocycles. The first-order valence-corrected chi connectivity index (χ1v) is 9.77. The number of hydrogen-bond acceptors (Lipinski definition) is 5. The van der Waals surface area contributed by atoms with Crippen molar-refractivity contribution in [1.29, 1.82) is 0 Å². The van der Waals surface area contributed by atoms with Crippen LogP contribution in [0.1, 0.15) is 21.7 Å². The van der Waals surface area contributed by atoms with Crippen LogP contribution >= 0.6 is 12.2 Å². The highest BCUT2D eigenvalue weighted by atomic mass is 32.1. The Labute approximate surface area is 186 Å². The SMILES string of the molecule is Cc1ccc(C(=O)O)cc1-c1ccc(C=C2C(=O)NC(=S)N(c3ccccc3F)C2=O)o1. The summed E-state index contributed by atoms with van der Waals surface area (Å²) in [5, 5.41) is 11.4. The van der Waals surface area contributed by atoms with Crippen LogP contribution in [0, 0.1) is 12.7 Å². The van der Waals surface area contributed by atoms with Crippen LogP contribution in [0.15, 0.2) is 64.6 Å². The van der Waals surface area contributed by atoms with E-state index in [0.29, 0.717) is 11.3 Å². The number of furan rings is 1. The van der Waals surface area contributed by atoms with Gasteiger partial charge in [0.15, 0.2) is 5.11 Å². The van der Waals surface area contributed by atoms with Crippen molar-refractivity contribution in [3.63, 3.8) is 0 Å². The van der Waals surface area contributed by atoms with Gasteiger partial charge in [-0.25, -0.2) is 14.1 Å². The van der Waals surface area contributed by atoms with Crippen molar-refractivity contribution in [2.24, 2.45) is 0 Å². The molecule has 1 saturated heterocycles. The molecule has 0 unspecified atom stereocenters. The Balaban J connectivity index is 1.71. The first kappa shape index (κ1) is 21.1. The largest absolute Gasteiger partial charge is 0.478 e. The Kier molecular flexibility index (Phi) is 5.41. The van der Waals surface area contributed by atoms with Crippen molar-refractivity contribution in [2.45, 2.75) is 6.92 Å². The van der Waals surface area contributed by atoms with Crippen LogP contribution in [0.2, 0.25) is 0 Å². The topological polar surface area (TPSA) is 99.8 Å². The number of halogens is 1. The minimum absolute atomic E-state index is 0.0883. The number of hydrogen-bond donors (Lipinski definition) is 2. The van der Waals surface area contributed by atoms with E-state index in [2.05, 4.69) is 5.32 Å². The van der Waals surface area contributed by atoms with Gasteiger partial charge in [-0.15, -0.1) is 0 Å². The highest BCUT2D eigenvalue weighted by Gasteiger charge is 2.35. The fourth-order valence-corrected chi connectivity index (χ4v) is 3.52. The number of aryl methyl sites for hydroxylation is 1. The average Bonchev–Trinajstić information content (AvgIpc) is 3.21. The maximum Gasteiger partial charge on any atom is 0.335 e. The van der Waals surface area contributed by atoms with E-state index in [0.717, 1.165) is 10.5 Å². The van der Waals surface area contributed by atoms with Crippen molar-refractivity contribution >= 4 is 46.9 Å². The summed E-state index contributed by atoms with van der Waals surface area (Å²) >= 11 is 5.06. The van der Waals surface area contributed by atoms with Gasteiger partial charge in [-0.05, 0) is 67.2 Å². The Morgan fingerprint density at radius 3 is 2.62 bits per heavy atom. The first-order chi connectivity index (χ1) is 15.3. The third-order valence-electron chi connectivity index (χ3n) is 4.86. The lowest BCUT2D eigenvalue weighted by Crippen LogP contribution is -2.54. The van der Waals surface area contributed by atoms with Gasteiger partial charge in [0.2, 0.25) is 0 Å². The molecule has 2 N–H and O–H groups in total. The van der Waals surface area contributed by atoms with Crippen LogP contribution in [0.25, 0.3) is 17.4 Å². The van der Waals surface area contributed by atoms with E-state index in [4.69, 9.17) is 16.6 Å². The number of amides is 2. The van der Waals surface area contributed by atoms with Crippen LogP contribution in [0.3, 0.4) is 0 Å². The van der Waals surface area contributed by atoms with Gasteiger partial charge in [0, 0.05) is 5.56 Å². The van der Waals surface area contributed by atoms with E-state index in [1.807, 2.05) is 0 Å². The Hall–Kier alpha value is -4.11. The number of para-hydroxylation sites is 1. The second-order valence-corrected chi connectivity index (χ2v) is 7.33. The van der Waals surface area contributed by atoms with Gasteiger partial charge >= 0.3 is 5.97 Å². The molecule has 2 heterocycles. The lowest BCUT2D eigenvalue weighted by Gasteiger charge is -2.28. The van der Waals surface area contributed by atoms with Crippen LogP contribution in [-0.2, 0) is 9.59 Å². The average molecular weight is 450 g/mol. The van der Waals surface area contributed by atoms with Crippen LogP contribution in [0.5, 0.6) is 0 Å². The number of aromatic carboxylic acids is 1. The highest BCUT2D eigenvalue weighted by Crippen LogP contribution is 2.29. The van der Waals surface area contributed by atoms with Gasteiger partial charge in [0.05, 0.1) is 11.3 Å². The highest BCUT2D eigenvalue weighted by molar-refractivity contribution is 7.80. The van der Waals surface area contributed by atoms with E-state index in [1.165, 1.54) is 42.5 Å². The molecule has 0 spiro atoms. The van der Waals surface area contributed by atoms with E-state index in [9.17, 15) is 23.9 Å². The van der Waals surface area contributed by atoms with Gasteiger partial charge in [-0.3, -0.25) is 14.9 Å². The monoisotopic (exact) mass is 450 g/mol. The van der Waals surface area contributed by atoms with E-state index in [1.54, 1.807) is 25.1 Å². The quantitative estimate of drug-likeness (QED) is 0.355. The molecule has 4 rings (SSSR count). The normalized spacial score (nSPS) is 15.2. The number of benzene rings is 2. The molecular weight excluding hydrogens is 435 g/mol. The molecule has 2 amide bonds. The lowest BCUT2D eigenvalue weighted by atomic mass is 10.0. The number of nitrogens with one attached hydrogen (secondary N) is 1. The van der Waals surface area contributed by atoms with E-state index < -0.39 is 23.6 Å². The van der Waals surface area contributed by atoms with Gasteiger partial charge in [0.1, 0.15) is 22.9 Å². The molecule has 7 nitrogen and oxygen atoms in total.